The molecular formula is C19H25NO4S. The topological polar surface area (TPSA) is 80.3 Å². The fourth-order valence-electron chi connectivity index (χ4n) is 3.14. The molecule has 2 unspecified atom stereocenters. The van der Waals surface area contributed by atoms with Crippen LogP contribution < -0.4 is 5.32 Å². The molecular weight excluding hydrogens is 338 g/mol. The molecule has 0 aromatic carbocycles. The molecule has 1 aromatic rings. The van der Waals surface area contributed by atoms with Crippen LogP contribution in [0.1, 0.15) is 44.4 Å². The van der Waals surface area contributed by atoms with Crippen LogP contribution in [0.25, 0.3) is 0 Å². The first-order valence-electron chi connectivity index (χ1n) is 8.77. The molecule has 25 heavy (non-hydrogen) atoms. The number of thiophene rings is 1. The molecule has 0 spiro atoms. The van der Waals surface area contributed by atoms with E-state index in [9.17, 15) is 19.2 Å². The Morgan fingerprint density at radius 1 is 1.32 bits per heavy atom. The fraction of sp³-hybridized carbons (Fsp3) is 0.579. The van der Waals surface area contributed by atoms with Gasteiger partial charge in [-0.25, -0.2) is 0 Å². The first kappa shape index (κ1) is 19.5. The van der Waals surface area contributed by atoms with Gasteiger partial charge in [0.05, 0.1) is 0 Å². The van der Waals surface area contributed by atoms with Gasteiger partial charge in [-0.15, -0.1) is 11.3 Å². The third-order valence-corrected chi connectivity index (χ3v) is 5.65. The van der Waals surface area contributed by atoms with Crippen molar-refractivity contribution in [2.75, 3.05) is 6.54 Å². The number of nitrogens with one attached hydrogen (secondary N) is 1. The molecule has 1 N–H and O–H groups in total. The molecule has 2 heterocycles. The Bertz CT molecular complexity index is 636. The summed E-state index contributed by atoms with van der Waals surface area (Å²) in [7, 11) is 0. The highest BCUT2D eigenvalue weighted by Gasteiger charge is 2.34. The van der Waals surface area contributed by atoms with Gasteiger partial charge in [0, 0.05) is 42.5 Å². The summed E-state index contributed by atoms with van der Waals surface area (Å²) in [5.41, 5.74) is 0. The van der Waals surface area contributed by atoms with Crippen molar-refractivity contribution in [3.63, 3.8) is 0 Å². The van der Waals surface area contributed by atoms with Crippen molar-refractivity contribution >= 4 is 34.6 Å². The van der Waals surface area contributed by atoms with E-state index in [1.54, 1.807) is 11.3 Å². The minimum atomic E-state index is -0.600. The molecule has 1 aliphatic heterocycles. The van der Waals surface area contributed by atoms with Crippen LogP contribution in [-0.4, -0.2) is 29.8 Å². The third-order valence-electron chi connectivity index (χ3n) is 4.72. The number of hydrogen-bond donors (Lipinski definition) is 1. The van der Waals surface area contributed by atoms with Gasteiger partial charge in [0.15, 0.2) is 0 Å². The average Bonchev–Trinajstić information content (AvgIpc) is 3.08. The van der Waals surface area contributed by atoms with Crippen molar-refractivity contribution in [1.82, 2.24) is 5.32 Å². The van der Waals surface area contributed by atoms with Gasteiger partial charge in [0.2, 0.25) is 5.78 Å². The lowest BCUT2D eigenvalue weighted by Gasteiger charge is -2.24. The second-order valence-electron chi connectivity index (χ2n) is 6.95. The Kier molecular flexibility index (Phi) is 7.05. The normalized spacial score (nSPS) is 18.9. The molecule has 5 nitrogen and oxygen atoms in total. The number of piperidine rings is 1. The summed E-state index contributed by atoms with van der Waals surface area (Å²) in [6.07, 6.45) is 1.91. The van der Waals surface area contributed by atoms with Gasteiger partial charge in [0.25, 0.3) is 5.91 Å². The maximum absolute atomic E-state index is 12.6. The second kappa shape index (κ2) is 9.04. The SMILES string of the molecule is CC(C)C(CC(=O)CCc1cccs1)C(=O)CC1CCNC(=O)C1=O. The fourth-order valence-corrected chi connectivity index (χ4v) is 3.85. The van der Waals surface area contributed by atoms with Gasteiger partial charge in [-0.1, -0.05) is 19.9 Å². The van der Waals surface area contributed by atoms with Gasteiger partial charge in [-0.2, -0.15) is 0 Å². The number of Topliss-reactive ketones (excluding diaryl/α,β-unsaturated/α-hetero) is 3. The van der Waals surface area contributed by atoms with E-state index < -0.39 is 17.6 Å². The average molecular weight is 363 g/mol. The Morgan fingerprint density at radius 2 is 2.08 bits per heavy atom. The number of amides is 1. The monoisotopic (exact) mass is 363 g/mol. The van der Waals surface area contributed by atoms with Crippen molar-refractivity contribution in [2.45, 2.75) is 46.0 Å². The minimum absolute atomic E-state index is 0.0331. The number of rotatable bonds is 9. The Balaban J connectivity index is 1.90. The maximum Gasteiger partial charge on any atom is 0.287 e. The second-order valence-corrected chi connectivity index (χ2v) is 7.98. The number of carbonyl (C=O) groups excluding carboxylic acids is 4. The predicted octanol–water partition coefficient (Wildman–Crippen LogP) is 2.58. The molecule has 0 saturated carbocycles. The largest absolute Gasteiger partial charge is 0.349 e. The van der Waals surface area contributed by atoms with Gasteiger partial charge < -0.3 is 5.32 Å². The molecule has 0 radical (unpaired) electrons. The Hall–Kier alpha value is -1.82. The summed E-state index contributed by atoms with van der Waals surface area (Å²) in [5.74, 6) is -1.99. The molecule has 0 bridgehead atoms. The summed E-state index contributed by atoms with van der Waals surface area (Å²) in [6.45, 7) is 4.27. The predicted molar refractivity (Wildman–Crippen MR) is 96.3 cm³/mol. The van der Waals surface area contributed by atoms with Crippen molar-refractivity contribution in [3.05, 3.63) is 22.4 Å². The van der Waals surface area contributed by atoms with Crippen LogP contribution in [0.5, 0.6) is 0 Å². The molecule has 0 aliphatic carbocycles. The lowest BCUT2D eigenvalue weighted by atomic mass is 9.80. The highest BCUT2D eigenvalue weighted by Crippen LogP contribution is 2.24. The minimum Gasteiger partial charge on any atom is -0.349 e. The van der Waals surface area contributed by atoms with Gasteiger partial charge >= 0.3 is 0 Å². The van der Waals surface area contributed by atoms with Crippen molar-refractivity contribution in [3.8, 4) is 0 Å². The summed E-state index contributed by atoms with van der Waals surface area (Å²) < 4.78 is 0. The van der Waals surface area contributed by atoms with E-state index >= 15 is 0 Å². The van der Waals surface area contributed by atoms with Crippen molar-refractivity contribution in [2.24, 2.45) is 17.8 Å². The highest BCUT2D eigenvalue weighted by atomic mass is 32.1. The molecule has 1 aliphatic rings. The standard InChI is InChI=1S/C19H25NO4S/c1-12(2)16(11-14(21)5-6-15-4-3-9-25-15)17(22)10-13-7-8-20-19(24)18(13)23/h3-4,9,12-13,16H,5-8,10-11H2,1-2H3,(H,20,24). The van der Waals surface area contributed by atoms with E-state index in [2.05, 4.69) is 5.32 Å². The van der Waals surface area contributed by atoms with Crippen LogP contribution in [0.2, 0.25) is 0 Å². The first-order chi connectivity index (χ1) is 11.9. The van der Waals surface area contributed by atoms with Crippen LogP contribution in [0, 0.1) is 17.8 Å². The van der Waals surface area contributed by atoms with Gasteiger partial charge in [-0.3, -0.25) is 19.2 Å². The van der Waals surface area contributed by atoms with E-state index in [1.165, 1.54) is 4.88 Å². The number of carbonyl (C=O) groups is 4. The van der Waals surface area contributed by atoms with Crippen molar-refractivity contribution < 1.29 is 19.2 Å². The van der Waals surface area contributed by atoms with E-state index in [4.69, 9.17) is 0 Å². The van der Waals surface area contributed by atoms with Crippen molar-refractivity contribution in [1.29, 1.82) is 0 Å². The van der Waals surface area contributed by atoms with Crippen LogP contribution in [-0.2, 0) is 25.6 Å². The van der Waals surface area contributed by atoms with Gasteiger partial charge in [-0.05, 0) is 30.2 Å². The first-order valence-corrected chi connectivity index (χ1v) is 9.65. The van der Waals surface area contributed by atoms with E-state index in [-0.39, 0.29) is 36.2 Å². The summed E-state index contributed by atoms with van der Waals surface area (Å²) in [5, 5.41) is 4.48. The molecule has 2 rings (SSSR count). The molecule has 1 aromatic heterocycles. The lowest BCUT2D eigenvalue weighted by molar-refractivity contribution is -0.143. The van der Waals surface area contributed by atoms with Crippen LogP contribution >= 0.6 is 11.3 Å². The Morgan fingerprint density at radius 3 is 2.72 bits per heavy atom. The summed E-state index contributed by atoms with van der Waals surface area (Å²) in [4.78, 5) is 49.4. The van der Waals surface area contributed by atoms with E-state index in [0.29, 0.717) is 25.8 Å². The summed E-state index contributed by atoms with van der Waals surface area (Å²) >= 11 is 1.63. The molecule has 1 fully saturated rings. The zero-order valence-corrected chi connectivity index (χ0v) is 15.6. The number of ketones is 3. The zero-order valence-electron chi connectivity index (χ0n) is 14.7. The molecule has 1 saturated heterocycles. The highest BCUT2D eigenvalue weighted by molar-refractivity contribution is 7.09. The maximum atomic E-state index is 12.6. The summed E-state index contributed by atoms with van der Waals surface area (Å²) in [6, 6.07) is 3.96. The van der Waals surface area contributed by atoms with Crippen LogP contribution in [0.4, 0.5) is 0 Å². The van der Waals surface area contributed by atoms with E-state index in [1.807, 2.05) is 31.4 Å². The molecule has 6 heteroatoms. The third kappa shape index (κ3) is 5.59. The van der Waals surface area contributed by atoms with Crippen LogP contribution in [0.15, 0.2) is 17.5 Å². The molecule has 1 amide bonds. The molecule has 2 atom stereocenters. The molecule has 136 valence electrons. The smallest absolute Gasteiger partial charge is 0.287 e. The Labute approximate surface area is 152 Å². The zero-order chi connectivity index (χ0) is 18.4. The number of hydrogen-bond acceptors (Lipinski definition) is 5. The van der Waals surface area contributed by atoms with Crippen LogP contribution in [0.3, 0.4) is 0 Å². The quantitative estimate of drug-likeness (QED) is 0.684. The number of aryl methyl sites for hydroxylation is 1. The van der Waals surface area contributed by atoms with E-state index in [0.717, 1.165) is 0 Å². The lowest BCUT2D eigenvalue weighted by Crippen LogP contribution is -2.43. The van der Waals surface area contributed by atoms with Gasteiger partial charge in [0.1, 0.15) is 11.6 Å².